The lowest BCUT2D eigenvalue weighted by atomic mass is 10.0. The van der Waals surface area contributed by atoms with Crippen LogP contribution in [0.1, 0.15) is 25.7 Å². The van der Waals surface area contributed by atoms with Crippen LogP contribution in [-0.4, -0.2) is 47.7 Å². The van der Waals surface area contributed by atoms with Gasteiger partial charge in [-0.05, 0) is 44.4 Å². The molecule has 3 rings (SSSR count). The Morgan fingerprint density at radius 2 is 1.86 bits per heavy atom. The van der Waals surface area contributed by atoms with E-state index in [1.807, 2.05) is 18.2 Å². The highest BCUT2D eigenvalue weighted by Crippen LogP contribution is 2.31. The number of carboxylic acid groups (broad SMARTS) is 1. The summed E-state index contributed by atoms with van der Waals surface area (Å²) in [7, 11) is 0. The van der Waals surface area contributed by atoms with Gasteiger partial charge in [-0.15, -0.1) is 0 Å². The van der Waals surface area contributed by atoms with Crippen molar-refractivity contribution in [2.24, 2.45) is 0 Å². The number of hydrogen-bond acceptors (Lipinski definition) is 3. The maximum Gasteiger partial charge on any atom is 0.320 e. The Bertz CT molecular complexity index is 515. The predicted octanol–water partition coefficient (Wildman–Crippen LogP) is 2.86. The molecule has 1 aromatic carbocycles. The lowest BCUT2D eigenvalue weighted by molar-refractivity contribution is -0.143. The van der Waals surface area contributed by atoms with Crippen molar-refractivity contribution in [3.63, 3.8) is 0 Å². The molecular formula is C16H21ClN2O2. The number of piperidine rings is 1. The molecule has 2 fully saturated rings. The third-order valence-electron chi connectivity index (χ3n) is 4.71. The number of rotatable bonds is 3. The second kappa shape index (κ2) is 6.24. The van der Waals surface area contributed by atoms with E-state index in [1.54, 1.807) is 0 Å². The van der Waals surface area contributed by atoms with Crippen molar-refractivity contribution in [1.29, 1.82) is 0 Å². The maximum atomic E-state index is 11.3. The number of benzene rings is 1. The fourth-order valence-electron chi connectivity index (χ4n) is 3.64. The highest BCUT2D eigenvalue weighted by molar-refractivity contribution is 6.33. The molecule has 114 valence electrons. The van der Waals surface area contributed by atoms with E-state index < -0.39 is 5.97 Å². The molecule has 0 bridgehead atoms. The quantitative estimate of drug-likeness (QED) is 0.932. The molecule has 0 unspecified atom stereocenters. The van der Waals surface area contributed by atoms with Crippen LogP contribution in [0.2, 0.25) is 5.02 Å². The third kappa shape index (κ3) is 3.01. The molecule has 5 heteroatoms. The van der Waals surface area contributed by atoms with E-state index in [-0.39, 0.29) is 6.04 Å². The van der Waals surface area contributed by atoms with E-state index in [0.29, 0.717) is 6.04 Å². The summed E-state index contributed by atoms with van der Waals surface area (Å²) in [4.78, 5) is 15.8. The molecule has 0 amide bonds. The molecule has 0 radical (unpaired) electrons. The molecule has 2 heterocycles. The van der Waals surface area contributed by atoms with Gasteiger partial charge >= 0.3 is 5.97 Å². The zero-order valence-corrected chi connectivity index (χ0v) is 12.8. The number of halogens is 1. The second-order valence-electron chi connectivity index (χ2n) is 5.90. The average Bonchev–Trinajstić information content (AvgIpc) is 2.98. The second-order valence-corrected chi connectivity index (χ2v) is 6.31. The Morgan fingerprint density at radius 1 is 1.14 bits per heavy atom. The van der Waals surface area contributed by atoms with Crippen LogP contribution >= 0.6 is 11.6 Å². The van der Waals surface area contributed by atoms with Gasteiger partial charge in [-0.2, -0.15) is 0 Å². The summed E-state index contributed by atoms with van der Waals surface area (Å²) in [5.41, 5.74) is 1.09. The topological polar surface area (TPSA) is 43.8 Å². The van der Waals surface area contributed by atoms with Gasteiger partial charge in [0.2, 0.25) is 0 Å². The first kappa shape index (κ1) is 14.7. The van der Waals surface area contributed by atoms with Gasteiger partial charge < -0.3 is 10.0 Å². The number of aliphatic carboxylic acids is 1. The molecule has 0 aliphatic carbocycles. The summed E-state index contributed by atoms with van der Waals surface area (Å²) < 4.78 is 0. The number of nitrogens with zero attached hydrogens (tertiary/aromatic N) is 2. The van der Waals surface area contributed by atoms with Crippen LogP contribution < -0.4 is 4.90 Å². The van der Waals surface area contributed by atoms with Crippen molar-refractivity contribution in [3.05, 3.63) is 29.3 Å². The minimum atomic E-state index is -0.666. The first-order valence-corrected chi connectivity index (χ1v) is 8.02. The molecule has 4 nitrogen and oxygen atoms in total. The number of likely N-dealkylation sites (tertiary alicyclic amines) is 1. The molecule has 0 saturated carbocycles. The first-order chi connectivity index (χ1) is 10.2. The fraction of sp³-hybridized carbons (Fsp3) is 0.562. The van der Waals surface area contributed by atoms with Crippen molar-refractivity contribution >= 4 is 23.3 Å². The van der Waals surface area contributed by atoms with Crippen molar-refractivity contribution < 1.29 is 9.90 Å². The number of para-hydroxylation sites is 1. The van der Waals surface area contributed by atoms with E-state index in [4.69, 9.17) is 11.6 Å². The Labute approximate surface area is 130 Å². The number of carbonyl (C=O) groups is 1. The third-order valence-corrected chi connectivity index (χ3v) is 5.03. The first-order valence-electron chi connectivity index (χ1n) is 7.65. The van der Waals surface area contributed by atoms with E-state index in [2.05, 4.69) is 15.9 Å². The Hall–Kier alpha value is -1.26. The molecule has 0 spiro atoms. The summed E-state index contributed by atoms with van der Waals surface area (Å²) in [6.07, 6.45) is 3.81. The zero-order valence-electron chi connectivity index (χ0n) is 12.0. The zero-order chi connectivity index (χ0) is 14.8. The standard InChI is InChI=1S/C16H21ClN2O2/c17-13-4-1-2-5-14(13)18-10-7-12(8-11-18)19-9-3-6-15(19)16(20)21/h1-2,4-5,12,15H,3,6-11H2,(H,20,21)/t15-/m1/s1. The molecule has 21 heavy (non-hydrogen) atoms. The summed E-state index contributed by atoms with van der Waals surface area (Å²) >= 11 is 6.26. The van der Waals surface area contributed by atoms with Crippen LogP contribution in [0, 0.1) is 0 Å². The van der Waals surface area contributed by atoms with Gasteiger partial charge in [-0.1, -0.05) is 23.7 Å². The van der Waals surface area contributed by atoms with Crippen LogP contribution in [0.25, 0.3) is 0 Å². The molecule has 2 saturated heterocycles. The van der Waals surface area contributed by atoms with Crippen LogP contribution in [0.15, 0.2) is 24.3 Å². The predicted molar refractivity (Wildman–Crippen MR) is 84.1 cm³/mol. The van der Waals surface area contributed by atoms with Crippen LogP contribution in [0.3, 0.4) is 0 Å². The normalized spacial score (nSPS) is 24.4. The van der Waals surface area contributed by atoms with Gasteiger partial charge in [0.1, 0.15) is 6.04 Å². The summed E-state index contributed by atoms with van der Waals surface area (Å²) in [6.45, 7) is 2.81. The van der Waals surface area contributed by atoms with Crippen LogP contribution in [0.4, 0.5) is 5.69 Å². The smallest absolute Gasteiger partial charge is 0.320 e. The molecule has 1 atom stereocenters. The fourth-order valence-corrected chi connectivity index (χ4v) is 3.89. The lowest BCUT2D eigenvalue weighted by Gasteiger charge is -2.39. The number of anilines is 1. The SMILES string of the molecule is O=C(O)[C@H]1CCCN1C1CCN(c2ccccc2Cl)CC1. The number of carboxylic acids is 1. The minimum absolute atomic E-state index is 0.276. The summed E-state index contributed by atoms with van der Waals surface area (Å²) in [6, 6.07) is 8.05. The Kier molecular flexibility index (Phi) is 4.36. The van der Waals surface area contributed by atoms with Crippen molar-refractivity contribution in [2.45, 2.75) is 37.8 Å². The van der Waals surface area contributed by atoms with E-state index in [0.717, 1.165) is 56.0 Å². The molecule has 2 aliphatic rings. The summed E-state index contributed by atoms with van der Waals surface area (Å²) in [5, 5.41) is 10.1. The minimum Gasteiger partial charge on any atom is -0.480 e. The van der Waals surface area contributed by atoms with Crippen LogP contribution in [0.5, 0.6) is 0 Å². The van der Waals surface area contributed by atoms with Crippen molar-refractivity contribution in [1.82, 2.24) is 4.90 Å². The Balaban J connectivity index is 1.63. The van der Waals surface area contributed by atoms with Gasteiger partial charge in [0.05, 0.1) is 10.7 Å². The Morgan fingerprint density at radius 3 is 2.52 bits per heavy atom. The average molecular weight is 309 g/mol. The molecule has 0 aromatic heterocycles. The molecular weight excluding hydrogens is 288 g/mol. The van der Waals surface area contributed by atoms with Crippen molar-refractivity contribution in [2.75, 3.05) is 24.5 Å². The monoisotopic (exact) mass is 308 g/mol. The van der Waals surface area contributed by atoms with Crippen molar-refractivity contribution in [3.8, 4) is 0 Å². The number of hydrogen-bond donors (Lipinski definition) is 1. The van der Waals surface area contributed by atoms with Gasteiger partial charge in [0, 0.05) is 19.1 Å². The highest BCUT2D eigenvalue weighted by Gasteiger charge is 2.36. The molecule has 2 aliphatic heterocycles. The van der Waals surface area contributed by atoms with Gasteiger partial charge in [-0.3, -0.25) is 9.69 Å². The lowest BCUT2D eigenvalue weighted by Crippen LogP contribution is -2.49. The van der Waals surface area contributed by atoms with Gasteiger partial charge in [-0.25, -0.2) is 0 Å². The van der Waals surface area contributed by atoms with E-state index in [1.165, 1.54) is 0 Å². The summed E-state index contributed by atoms with van der Waals surface area (Å²) in [5.74, 6) is -0.666. The maximum absolute atomic E-state index is 11.3. The van der Waals surface area contributed by atoms with Gasteiger partial charge in [0.25, 0.3) is 0 Å². The van der Waals surface area contributed by atoms with Crippen LogP contribution in [-0.2, 0) is 4.79 Å². The van der Waals surface area contributed by atoms with E-state index >= 15 is 0 Å². The molecule has 1 N–H and O–H groups in total. The highest BCUT2D eigenvalue weighted by atomic mass is 35.5. The largest absolute Gasteiger partial charge is 0.480 e. The van der Waals surface area contributed by atoms with Gasteiger partial charge in [0.15, 0.2) is 0 Å². The molecule has 1 aromatic rings. The van der Waals surface area contributed by atoms with E-state index in [9.17, 15) is 9.90 Å².